The van der Waals surface area contributed by atoms with E-state index in [2.05, 4.69) is 108 Å². The van der Waals surface area contributed by atoms with Crippen LogP contribution in [0.5, 0.6) is 0 Å². The molecule has 1 aliphatic rings. The Hall–Kier alpha value is -6.82. The SMILES string of the molecule is C/C(C#N)=C\C(=C/N)c1ccc(-c2c3ccccc3c(-c3ccc(C4=CC(C#N)=C[N-]C4)cc3)c3cc4c(cc23)oc2ccccc24)cc1. The molecule has 0 spiro atoms. The topological polar surface area (TPSA) is 101 Å². The lowest BCUT2D eigenvalue weighted by atomic mass is 9.84. The molecule has 1 aliphatic heterocycles. The number of para-hydroxylation sites is 1. The van der Waals surface area contributed by atoms with Crippen LogP contribution in [0.25, 0.3) is 82.2 Å². The molecule has 6 aromatic carbocycles. The van der Waals surface area contributed by atoms with Crippen LogP contribution in [0.4, 0.5) is 0 Å². The van der Waals surface area contributed by atoms with Crippen molar-refractivity contribution in [3.63, 3.8) is 0 Å². The van der Waals surface area contributed by atoms with Crippen molar-refractivity contribution in [3.8, 4) is 34.4 Å². The summed E-state index contributed by atoms with van der Waals surface area (Å²) >= 11 is 0. The van der Waals surface area contributed by atoms with Gasteiger partial charge in [-0.2, -0.15) is 16.7 Å². The zero-order valence-corrected chi connectivity index (χ0v) is 26.7. The van der Waals surface area contributed by atoms with Gasteiger partial charge in [0.1, 0.15) is 11.2 Å². The van der Waals surface area contributed by atoms with E-state index in [1.165, 1.54) is 6.20 Å². The van der Waals surface area contributed by atoms with Crippen molar-refractivity contribution in [3.05, 3.63) is 161 Å². The average Bonchev–Trinajstić information content (AvgIpc) is 3.52. The minimum absolute atomic E-state index is 0.548. The molecule has 0 bridgehead atoms. The van der Waals surface area contributed by atoms with E-state index in [0.29, 0.717) is 17.7 Å². The average molecular weight is 630 g/mol. The molecule has 5 nitrogen and oxygen atoms in total. The molecule has 2 N–H and O–H groups in total. The molecule has 0 fully saturated rings. The van der Waals surface area contributed by atoms with E-state index in [9.17, 15) is 10.5 Å². The molecule has 0 radical (unpaired) electrons. The van der Waals surface area contributed by atoms with Crippen molar-refractivity contribution in [1.82, 2.24) is 0 Å². The maximum absolute atomic E-state index is 9.42. The van der Waals surface area contributed by atoms with E-state index in [1.54, 1.807) is 19.2 Å². The number of furan rings is 1. The molecule has 0 saturated carbocycles. The van der Waals surface area contributed by atoms with E-state index < -0.39 is 0 Å². The lowest BCUT2D eigenvalue weighted by molar-refractivity contribution is 0.669. The van der Waals surface area contributed by atoms with Gasteiger partial charge >= 0.3 is 0 Å². The molecule has 5 heteroatoms. The van der Waals surface area contributed by atoms with Gasteiger partial charge in [0, 0.05) is 28.1 Å². The number of allylic oxidation sites excluding steroid dienone is 5. The fourth-order valence-corrected chi connectivity index (χ4v) is 6.94. The summed E-state index contributed by atoms with van der Waals surface area (Å²) in [4.78, 5) is 0. The molecule has 0 unspecified atom stereocenters. The van der Waals surface area contributed by atoms with Crippen LogP contribution in [0.2, 0.25) is 0 Å². The molecule has 0 aliphatic carbocycles. The number of nitriles is 2. The summed E-state index contributed by atoms with van der Waals surface area (Å²) in [6.45, 7) is 2.32. The number of nitrogens with zero attached hydrogens (tertiary/aromatic N) is 3. The van der Waals surface area contributed by atoms with Crippen LogP contribution in [0, 0.1) is 22.7 Å². The Labute approximate surface area is 283 Å². The molecule has 0 saturated heterocycles. The molecule has 0 amide bonds. The molecule has 7 aromatic rings. The summed E-state index contributed by atoms with van der Waals surface area (Å²) in [5.41, 5.74) is 17.0. The predicted octanol–water partition coefficient (Wildman–Crippen LogP) is 11.2. The summed E-state index contributed by atoms with van der Waals surface area (Å²) in [5.74, 6) is 0. The first-order chi connectivity index (χ1) is 24.1. The van der Waals surface area contributed by atoms with E-state index in [0.717, 1.165) is 88.0 Å². The number of hydrogen-bond acceptors (Lipinski definition) is 4. The van der Waals surface area contributed by atoms with Gasteiger partial charge in [-0.3, -0.25) is 0 Å². The van der Waals surface area contributed by atoms with Gasteiger partial charge < -0.3 is 15.5 Å². The van der Waals surface area contributed by atoms with Gasteiger partial charge in [-0.05, 0) is 97.8 Å². The van der Waals surface area contributed by atoms with Crippen LogP contribution in [0.3, 0.4) is 0 Å². The summed E-state index contributed by atoms with van der Waals surface area (Å²) in [7, 11) is 0. The highest BCUT2D eigenvalue weighted by atomic mass is 16.3. The van der Waals surface area contributed by atoms with E-state index in [1.807, 2.05) is 24.3 Å². The van der Waals surface area contributed by atoms with Crippen molar-refractivity contribution in [2.75, 3.05) is 6.54 Å². The predicted molar refractivity (Wildman–Crippen MR) is 201 cm³/mol. The first-order valence-electron chi connectivity index (χ1n) is 16.1. The van der Waals surface area contributed by atoms with Crippen LogP contribution in [0.1, 0.15) is 18.1 Å². The third kappa shape index (κ3) is 5.11. The largest absolute Gasteiger partial charge is 0.686 e. The highest BCUT2D eigenvalue weighted by Gasteiger charge is 2.20. The van der Waals surface area contributed by atoms with Gasteiger partial charge in [0.15, 0.2) is 0 Å². The van der Waals surface area contributed by atoms with Crippen LogP contribution in [-0.2, 0) is 0 Å². The van der Waals surface area contributed by atoms with E-state index in [-0.39, 0.29) is 0 Å². The third-order valence-corrected chi connectivity index (χ3v) is 9.25. The normalized spacial score (nSPS) is 13.6. The highest BCUT2D eigenvalue weighted by Crippen LogP contribution is 2.46. The number of benzene rings is 6. The minimum Gasteiger partial charge on any atom is -0.686 e. The number of nitrogens with two attached hydrogens (primary N) is 1. The Morgan fingerprint density at radius 2 is 1.33 bits per heavy atom. The maximum atomic E-state index is 9.42. The van der Waals surface area contributed by atoms with Gasteiger partial charge in [0.05, 0.1) is 12.1 Å². The van der Waals surface area contributed by atoms with E-state index >= 15 is 0 Å². The summed E-state index contributed by atoms with van der Waals surface area (Å²) in [6, 6.07) is 42.5. The van der Waals surface area contributed by atoms with Gasteiger partial charge in [-0.1, -0.05) is 96.6 Å². The lowest BCUT2D eigenvalue weighted by Gasteiger charge is -2.23. The number of hydrogen-bond donors (Lipinski definition) is 1. The van der Waals surface area contributed by atoms with Crippen molar-refractivity contribution in [1.29, 1.82) is 10.5 Å². The molecular weight excluding hydrogens is 601 g/mol. The maximum Gasteiger partial charge on any atom is 0.136 e. The van der Waals surface area contributed by atoms with Gasteiger partial charge in [-0.15, -0.1) is 6.54 Å². The minimum atomic E-state index is 0.548. The Morgan fingerprint density at radius 1 is 0.714 bits per heavy atom. The first kappa shape index (κ1) is 29.6. The summed E-state index contributed by atoms with van der Waals surface area (Å²) in [5, 5.41) is 29.8. The fourth-order valence-electron chi connectivity index (χ4n) is 6.94. The van der Waals surface area contributed by atoms with Gasteiger partial charge in [0.2, 0.25) is 0 Å². The fraction of sp³-hybridized carbons (Fsp3) is 0.0455. The first-order valence-corrected chi connectivity index (χ1v) is 16.1. The van der Waals surface area contributed by atoms with Gasteiger partial charge in [0.25, 0.3) is 0 Å². The Morgan fingerprint density at radius 3 is 1.98 bits per heavy atom. The molecular formula is C44H29N4O-. The Balaban J connectivity index is 1.39. The second kappa shape index (κ2) is 12.1. The molecule has 232 valence electrons. The Bertz CT molecular complexity index is 2670. The third-order valence-electron chi connectivity index (χ3n) is 9.25. The highest BCUT2D eigenvalue weighted by molar-refractivity contribution is 6.25. The second-order valence-corrected chi connectivity index (χ2v) is 12.2. The summed E-state index contributed by atoms with van der Waals surface area (Å²) < 4.78 is 6.43. The van der Waals surface area contributed by atoms with Gasteiger partial charge in [-0.25, -0.2) is 0 Å². The second-order valence-electron chi connectivity index (χ2n) is 12.2. The van der Waals surface area contributed by atoms with Crippen LogP contribution in [-0.4, -0.2) is 6.54 Å². The molecule has 8 rings (SSSR count). The van der Waals surface area contributed by atoms with Crippen LogP contribution in [0.15, 0.2) is 149 Å². The number of rotatable bonds is 5. The van der Waals surface area contributed by atoms with Crippen molar-refractivity contribution in [2.24, 2.45) is 5.73 Å². The standard InChI is InChI=1S/C44H29N4O/c1-27(22-45)18-33(24-47)29-10-14-32(15-11-29)44-37-8-3-2-7-36(37)43(31-16-12-30(13-17-31)34-19-28(23-46)25-48-26-34)39-20-38-35-6-4-5-9-41(35)49-42(38)21-40(39)44/h2-21,24-25H,26,47H2,1H3/q-1/b27-18+,33-24+. The van der Waals surface area contributed by atoms with Crippen LogP contribution >= 0.6 is 0 Å². The molecule has 1 aromatic heterocycles. The van der Waals surface area contributed by atoms with E-state index in [4.69, 9.17) is 10.2 Å². The smallest absolute Gasteiger partial charge is 0.136 e. The lowest BCUT2D eigenvalue weighted by Crippen LogP contribution is -1.96. The monoisotopic (exact) mass is 629 g/mol. The zero-order valence-electron chi connectivity index (χ0n) is 26.7. The summed E-state index contributed by atoms with van der Waals surface area (Å²) in [6.07, 6.45) is 6.89. The van der Waals surface area contributed by atoms with Crippen molar-refractivity contribution in [2.45, 2.75) is 6.92 Å². The molecule has 49 heavy (non-hydrogen) atoms. The van der Waals surface area contributed by atoms with Crippen molar-refractivity contribution >= 4 is 54.6 Å². The Kier molecular flexibility index (Phi) is 7.29. The van der Waals surface area contributed by atoms with Crippen molar-refractivity contribution < 1.29 is 4.42 Å². The quantitative estimate of drug-likeness (QED) is 0.116. The molecule has 0 atom stereocenters. The zero-order chi connectivity index (χ0) is 33.5. The van der Waals surface area contributed by atoms with Crippen LogP contribution < -0.4 is 5.73 Å². The molecule has 2 heterocycles. The number of fused-ring (bicyclic) bond motifs is 5.